The SMILES string of the molecule is O=C(Nc1nc(-c2ccccn2)cs1)c1cc(F)ccc1F. The van der Waals surface area contributed by atoms with Crippen LogP contribution in [0.1, 0.15) is 10.4 Å². The fourth-order valence-corrected chi connectivity index (χ4v) is 2.50. The molecule has 22 heavy (non-hydrogen) atoms. The molecule has 0 aliphatic carbocycles. The van der Waals surface area contributed by atoms with Gasteiger partial charge in [-0.05, 0) is 30.3 Å². The Morgan fingerprint density at radius 2 is 2.00 bits per heavy atom. The number of thiazole rings is 1. The molecule has 110 valence electrons. The second-order valence-electron chi connectivity index (χ2n) is 4.33. The maximum Gasteiger partial charge on any atom is 0.260 e. The molecule has 3 aromatic rings. The highest BCUT2D eigenvalue weighted by Gasteiger charge is 2.15. The van der Waals surface area contributed by atoms with Crippen molar-refractivity contribution in [2.24, 2.45) is 0 Å². The largest absolute Gasteiger partial charge is 0.298 e. The molecule has 1 aromatic carbocycles. The van der Waals surface area contributed by atoms with Crippen molar-refractivity contribution >= 4 is 22.4 Å². The van der Waals surface area contributed by atoms with Crippen LogP contribution in [-0.4, -0.2) is 15.9 Å². The molecule has 1 amide bonds. The maximum atomic E-state index is 13.5. The monoisotopic (exact) mass is 317 g/mol. The lowest BCUT2D eigenvalue weighted by molar-refractivity contribution is 0.102. The lowest BCUT2D eigenvalue weighted by Gasteiger charge is -2.03. The molecular formula is C15H9F2N3OS. The Hall–Kier alpha value is -2.67. The zero-order valence-corrected chi connectivity index (χ0v) is 11.9. The van der Waals surface area contributed by atoms with Gasteiger partial charge in [0.15, 0.2) is 5.13 Å². The minimum Gasteiger partial charge on any atom is -0.298 e. The van der Waals surface area contributed by atoms with Gasteiger partial charge in [0, 0.05) is 11.6 Å². The number of anilines is 1. The third-order valence-electron chi connectivity index (χ3n) is 2.83. The van der Waals surface area contributed by atoms with Crippen molar-refractivity contribution < 1.29 is 13.6 Å². The summed E-state index contributed by atoms with van der Waals surface area (Å²) in [5.41, 5.74) is 0.895. The normalized spacial score (nSPS) is 10.5. The number of nitrogens with zero attached hydrogens (tertiary/aromatic N) is 2. The topological polar surface area (TPSA) is 54.9 Å². The summed E-state index contributed by atoms with van der Waals surface area (Å²) in [5.74, 6) is -2.22. The molecule has 3 rings (SSSR count). The third-order valence-corrected chi connectivity index (χ3v) is 3.58. The minimum atomic E-state index is -0.791. The summed E-state index contributed by atoms with van der Waals surface area (Å²) in [6.45, 7) is 0. The van der Waals surface area contributed by atoms with Crippen LogP contribution in [0.3, 0.4) is 0 Å². The van der Waals surface area contributed by atoms with E-state index in [9.17, 15) is 13.6 Å². The number of benzene rings is 1. The van der Waals surface area contributed by atoms with E-state index in [0.29, 0.717) is 11.4 Å². The average Bonchev–Trinajstić information content (AvgIpc) is 2.99. The average molecular weight is 317 g/mol. The number of halogens is 2. The van der Waals surface area contributed by atoms with Crippen LogP contribution in [0.15, 0.2) is 48.0 Å². The van der Waals surface area contributed by atoms with Crippen molar-refractivity contribution in [3.63, 3.8) is 0 Å². The molecule has 0 aliphatic rings. The first-order chi connectivity index (χ1) is 10.6. The van der Waals surface area contributed by atoms with Crippen molar-refractivity contribution in [2.75, 3.05) is 5.32 Å². The zero-order chi connectivity index (χ0) is 15.5. The van der Waals surface area contributed by atoms with E-state index < -0.39 is 17.5 Å². The number of hydrogen-bond donors (Lipinski definition) is 1. The predicted octanol–water partition coefficient (Wildman–Crippen LogP) is 3.74. The molecule has 0 bridgehead atoms. The van der Waals surface area contributed by atoms with Gasteiger partial charge in [-0.25, -0.2) is 13.8 Å². The lowest BCUT2D eigenvalue weighted by Crippen LogP contribution is -2.14. The third kappa shape index (κ3) is 2.99. The number of amides is 1. The first-order valence-corrected chi connectivity index (χ1v) is 7.15. The van der Waals surface area contributed by atoms with Crippen LogP contribution in [-0.2, 0) is 0 Å². The van der Waals surface area contributed by atoms with E-state index in [1.807, 2.05) is 6.07 Å². The van der Waals surface area contributed by atoms with E-state index in [4.69, 9.17) is 0 Å². The number of pyridine rings is 1. The quantitative estimate of drug-likeness (QED) is 0.800. The molecule has 0 saturated heterocycles. The number of carbonyl (C=O) groups is 1. The standard InChI is InChI=1S/C15H9F2N3OS/c16-9-4-5-11(17)10(7-9)14(21)20-15-19-13(8-22-15)12-3-1-2-6-18-12/h1-8H,(H,19,20,21). The van der Waals surface area contributed by atoms with Crippen molar-refractivity contribution in [1.82, 2.24) is 9.97 Å². The number of hydrogen-bond acceptors (Lipinski definition) is 4. The van der Waals surface area contributed by atoms with Crippen LogP contribution in [0.25, 0.3) is 11.4 Å². The first kappa shape index (κ1) is 14.3. The van der Waals surface area contributed by atoms with E-state index >= 15 is 0 Å². The molecule has 0 unspecified atom stereocenters. The van der Waals surface area contributed by atoms with Crippen LogP contribution >= 0.6 is 11.3 Å². The van der Waals surface area contributed by atoms with E-state index in [1.165, 1.54) is 11.3 Å². The molecule has 0 saturated carbocycles. The summed E-state index contributed by atoms with van der Waals surface area (Å²) in [6.07, 6.45) is 1.63. The highest BCUT2D eigenvalue weighted by molar-refractivity contribution is 7.14. The molecule has 7 heteroatoms. The minimum absolute atomic E-state index is 0.286. The molecule has 0 radical (unpaired) electrons. The van der Waals surface area contributed by atoms with Crippen LogP contribution in [0.2, 0.25) is 0 Å². The molecule has 0 aliphatic heterocycles. The van der Waals surface area contributed by atoms with Crippen LogP contribution in [0, 0.1) is 11.6 Å². The highest BCUT2D eigenvalue weighted by atomic mass is 32.1. The fourth-order valence-electron chi connectivity index (χ4n) is 1.80. The Morgan fingerprint density at radius 1 is 1.14 bits per heavy atom. The van der Waals surface area contributed by atoms with Crippen LogP contribution in [0.4, 0.5) is 13.9 Å². The Kier molecular flexibility index (Phi) is 3.88. The van der Waals surface area contributed by atoms with E-state index in [0.717, 1.165) is 18.2 Å². The Bertz CT molecular complexity index is 821. The Balaban J connectivity index is 1.81. The summed E-state index contributed by atoms with van der Waals surface area (Å²) in [6, 6.07) is 8.10. The van der Waals surface area contributed by atoms with Crippen LogP contribution in [0.5, 0.6) is 0 Å². The summed E-state index contributed by atoms with van der Waals surface area (Å²) < 4.78 is 26.6. The summed E-state index contributed by atoms with van der Waals surface area (Å²) >= 11 is 1.18. The number of nitrogens with one attached hydrogen (secondary N) is 1. The number of carbonyl (C=O) groups excluding carboxylic acids is 1. The van der Waals surface area contributed by atoms with Crippen LogP contribution < -0.4 is 5.32 Å². The smallest absolute Gasteiger partial charge is 0.260 e. The second-order valence-corrected chi connectivity index (χ2v) is 5.19. The van der Waals surface area contributed by atoms with Crippen molar-refractivity contribution in [1.29, 1.82) is 0 Å². The van der Waals surface area contributed by atoms with Gasteiger partial charge in [0.2, 0.25) is 0 Å². The van der Waals surface area contributed by atoms with Crippen molar-refractivity contribution in [3.05, 3.63) is 65.2 Å². The zero-order valence-electron chi connectivity index (χ0n) is 11.1. The fraction of sp³-hybridized carbons (Fsp3) is 0. The number of rotatable bonds is 3. The molecule has 1 N–H and O–H groups in total. The molecule has 4 nitrogen and oxygen atoms in total. The Morgan fingerprint density at radius 3 is 2.77 bits per heavy atom. The van der Waals surface area contributed by atoms with Gasteiger partial charge in [-0.3, -0.25) is 15.1 Å². The van der Waals surface area contributed by atoms with Crippen molar-refractivity contribution in [2.45, 2.75) is 0 Å². The van der Waals surface area contributed by atoms with Crippen molar-refractivity contribution in [3.8, 4) is 11.4 Å². The summed E-state index contributed by atoms with van der Waals surface area (Å²) in [7, 11) is 0. The second kappa shape index (κ2) is 5.98. The van der Waals surface area contributed by atoms with Gasteiger partial charge in [0.05, 0.1) is 11.3 Å². The van der Waals surface area contributed by atoms with E-state index in [-0.39, 0.29) is 10.7 Å². The van der Waals surface area contributed by atoms with E-state index in [2.05, 4.69) is 15.3 Å². The van der Waals surface area contributed by atoms with Gasteiger partial charge in [0.25, 0.3) is 5.91 Å². The summed E-state index contributed by atoms with van der Waals surface area (Å²) in [4.78, 5) is 20.3. The van der Waals surface area contributed by atoms with Gasteiger partial charge < -0.3 is 0 Å². The Labute approximate surface area is 128 Å². The lowest BCUT2D eigenvalue weighted by atomic mass is 10.2. The van der Waals surface area contributed by atoms with Gasteiger partial charge in [0.1, 0.15) is 17.3 Å². The molecule has 0 fully saturated rings. The molecule has 2 aromatic heterocycles. The van der Waals surface area contributed by atoms with E-state index in [1.54, 1.807) is 23.7 Å². The predicted molar refractivity (Wildman–Crippen MR) is 79.7 cm³/mol. The van der Waals surface area contributed by atoms with Gasteiger partial charge in [-0.1, -0.05) is 6.07 Å². The molecule has 2 heterocycles. The first-order valence-electron chi connectivity index (χ1n) is 6.27. The summed E-state index contributed by atoms with van der Waals surface area (Å²) in [5, 5.41) is 4.46. The number of aromatic nitrogens is 2. The highest BCUT2D eigenvalue weighted by Crippen LogP contribution is 2.23. The molecule has 0 atom stereocenters. The van der Waals surface area contributed by atoms with Gasteiger partial charge in [-0.15, -0.1) is 11.3 Å². The maximum absolute atomic E-state index is 13.5. The molecular weight excluding hydrogens is 308 g/mol. The van der Waals surface area contributed by atoms with Gasteiger partial charge in [-0.2, -0.15) is 0 Å². The van der Waals surface area contributed by atoms with Gasteiger partial charge >= 0.3 is 0 Å². The molecule has 0 spiro atoms.